The molecule has 1 aliphatic heterocycles. The second-order valence-electron chi connectivity index (χ2n) is 10.1. The van der Waals surface area contributed by atoms with E-state index in [4.69, 9.17) is 10.5 Å². The van der Waals surface area contributed by atoms with Gasteiger partial charge in [0.05, 0.1) is 22.5 Å². The predicted octanol–water partition coefficient (Wildman–Crippen LogP) is 4.96. The molecule has 0 amide bonds. The van der Waals surface area contributed by atoms with Gasteiger partial charge in [-0.3, -0.25) is 14.7 Å². The maximum Gasteiger partial charge on any atom is 0.310 e. The highest BCUT2D eigenvalue weighted by Crippen LogP contribution is 2.45. The molecule has 2 heterocycles. The van der Waals surface area contributed by atoms with Crippen molar-refractivity contribution in [3.63, 3.8) is 0 Å². The highest BCUT2D eigenvalue weighted by molar-refractivity contribution is 5.78. The Kier molecular flexibility index (Phi) is 7.22. The third-order valence-electron chi connectivity index (χ3n) is 7.40. The number of carboxylic acid groups (broad SMARTS) is 1. The largest absolute Gasteiger partial charge is 0.490 e. The highest BCUT2D eigenvalue weighted by Gasteiger charge is 2.40. The molecule has 1 unspecified atom stereocenters. The van der Waals surface area contributed by atoms with Crippen LogP contribution < -0.4 is 15.8 Å². The summed E-state index contributed by atoms with van der Waals surface area (Å²) in [6, 6.07) is 14.1. The molecule has 0 saturated heterocycles. The zero-order valence-corrected chi connectivity index (χ0v) is 21.8. The van der Waals surface area contributed by atoms with Gasteiger partial charge in [0.1, 0.15) is 12.4 Å². The number of anilines is 2. The summed E-state index contributed by atoms with van der Waals surface area (Å²) in [6.45, 7) is 10.4. The molecule has 4 N–H and O–H groups in total. The van der Waals surface area contributed by atoms with Gasteiger partial charge in [-0.05, 0) is 73.7 Å². The number of nitrogens with zero attached hydrogens (tertiary/aromatic N) is 2. The lowest BCUT2D eigenvalue weighted by Gasteiger charge is -2.34. The number of nitrogen functional groups attached to an aromatic ring is 1. The molecule has 0 fully saturated rings. The number of hydrogen-bond donors (Lipinski definition) is 3. The van der Waals surface area contributed by atoms with Crippen LogP contribution in [-0.2, 0) is 17.9 Å². The van der Waals surface area contributed by atoms with Gasteiger partial charge in [0.15, 0.2) is 0 Å². The number of aliphatic carboxylic acids is 1. The van der Waals surface area contributed by atoms with Gasteiger partial charge >= 0.3 is 5.97 Å². The first-order valence-electron chi connectivity index (χ1n) is 12.3. The molecule has 36 heavy (non-hydrogen) atoms. The third kappa shape index (κ3) is 4.88. The van der Waals surface area contributed by atoms with Crippen molar-refractivity contribution in [3.8, 4) is 5.75 Å². The molecule has 0 radical (unpaired) electrons. The summed E-state index contributed by atoms with van der Waals surface area (Å²) in [6.07, 6.45) is 1.80. The molecule has 3 aromatic rings. The fraction of sp³-hybridized carbons (Fsp3) is 0.379. The molecule has 0 saturated carbocycles. The minimum absolute atomic E-state index is 0.377. The second-order valence-corrected chi connectivity index (χ2v) is 10.1. The quantitative estimate of drug-likeness (QED) is 0.404. The number of rotatable bonds is 7. The van der Waals surface area contributed by atoms with Crippen molar-refractivity contribution in [3.05, 3.63) is 82.2 Å². The molecule has 0 spiro atoms. The van der Waals surface area contributed by atoms with Crippen LogP contribution in [-0.4, -0.2) is 41.2 Å². The number of carbonyl (C=O) groups is 1. The minimum atomic E-state index is -1.05. The number of nitrogens with one attached hydrogen (secondary N) is 1. The van der Waals surface area contributed by atoms with Crippen molar-refractivity contribution in [2.24, 2.45) is 5.41 Å². The van der Waals surface area contributed by atoms with Crippen LogP contribution >= 0.6 is 0 Å². The molecule has 1 aliphatic rings. The summed E-state index contributed by atoms with van der Waals surface area (Å²) in [5, 5.41) is 13.3. The summed E-state index contributed by atoms with van der Waals surface area (Å²) < 4.78 is 5.89. The lowest BCUT2D eigenvalue weighted by molar-refractivity contribution is -0.147. The average Bonchev–Trinajstić information content (AvgIpc) is 3.05. The van der Waals surface area contributed by atoms with E-state index in [0.717, 1.165) is 52.5 Å². The fourth-order valence-electron chi connectivity index (χ4n) is 5.05. The molecule has 2 aromatic carbocycles. The average molecular weight is 489 g/mol. The lowest BCUT2D eigenvalue weighted by atomic mass is 9.69. The number of aryl methyl sites for hydroxylation is 1. The predicted molar refractivity (Wildman–Crippen MR) is 143 cm³/mol. The lowest BCUT2D eigenvalue weighted by Crippen LogP contribution is -2.33. The molecule has 1 atom stereocenters. The smallest absolute Gasteiger partial charge is 0.310 e. The van der Waals surface area contributed by atoms with Gasteiger partial charge in [0, 0.05) is 38.8 Å². The summed E-state index contributed by atoms with van der Waals surface area (Å²) >= 11 is 0. The number of ether oxygens (including phenoxy) is 1. The Hall–Kier alpha value is -3.58. The van der Waals surface area contributed by atoms with Gasteiger partial charge in [-0.25, -0.2) is 0 Å². The minimum Gasteiger partial charge on any atom is -0.490 e. The Balaban J connectivity index is 1.74. The number of fused-ring (bicyclic) bond motifs is 1. The molecule has 190 valence electrons. The van der Waals surface area contributed by atoms with Crippen LogP contribution in [0.3, 0.4) is 0 Å². The van der Waals surface area contributed by atoms with Crippen LogP contribution in [0.4, 0.5) is 11.4 Å². The van der Waals surface area contributed by atoms with Crippen LogP contribution in [0.1, 0.15) is 53.3 Å². The van der Waals surface area contributed by atoms with E-state index in [1.165, 1.54) is 5.56 Å². The Bertz CT molecular complexity index is 1270. The molecule has 1 aromatic heterocycles. The number of nitrogens with two attached hydrogens (primary N) is 1. The number of carboxylic acids is 1. The van der Waals surface area contributed by atoms with Crippen LogP contribution in [0.5, 0.6) is 5.75 Å². The molecule has 7 heteroatoms. The van der Waals surface area contributed by atoms with Crippen LogP contribution in [0.25, 0.3) is 0 Å². The Labute approximate surface area is 213 Å². The van der Waals surface area contributed by atoms with Gasteiger partial charge in [0.25, 0.3) is 0 Å². The van der Waals surface area contributed by atoms with E-state index >= 15 is 0 Å². The molecular formula is C29H36N4O3. The van der Waals surface area contributed by atoms with Gasteiger partial charge in [-0.1, -0.05) is 24.3 Å². The van der Waals surface area contributed by atoms with E-state index in [9.17, 15) is 9.90 Å². The van der Waals surface area contributed by atoms with E-state index in [0.29, 0.717) is 18.8 Å². The van der Waals surface area contributed by atoms with E-state index < -0.39 is 11.4 Å². The van der Waals surface area contributed by atoms with Crippen molar-refractivity contribution in [1.82, 2.24) is 9.88 Å². The van der Waals surface area contributed by atoms with Gasteiger partial charge in [-0.15, -0.1) is 0 Å². The van der Waals surface area contributed by atoms with E-state index in [2.05, 4.69) is 40.3 Å². The van der Waals surface area contributed by atoms with Gasteiger partial charge in [-0.2, -0.15) is 0 Å². The third-order valence-corrected chi connectivity index (χ3v) is 7.40. The number of hydrogen-bond acceptors (Lipinski definition) is 6. The van der Waals surface area contributed by atoms with Crippen molar-refractivity contribution >= 4 is 17.3 Å². The highest BCUT2D eigenvalue weighted by atomic mass is 16.5. The monoisotopic (exact) mass is 488 g/mol. The summed E-state index contributed by atoms with van der Waals surface area (Å²) in [5.41, 5.74) is 12.9. The first-order valence-corrected chi connectivity index (χ1v) is 12.3. The maximum atomic E-state index is 12.5. The zero-order valence-electron chi connectivity index (χ0n) is 21.8. The van der Waals surface area contributed by atoms with Crippen molar-refractivity contribution in [1.29, 1.82) is 0 Å². The van der Waals surface area contributed by atoms with Crippen molar-refractivity contribution in [2.45, 2.75) is 46.7 Å². The van der Waals surface area contributed by atoms with Crippen LogP contribution in [0.15, 0.2) is 48.7 Å². The SMILES string of the molecule is CNc1ccc(C(c2ccc(C)c(CN3CCOc4cccnc4C3)c2)C(C)(C)C(=O)O)c(C)c1N. The summed E-state index contributed by atoms with van der Waals surface area (Å²) in [5.74, 6) is -0.387. The summed E-state index contributed by atoms with van der Waals surface area (Å²) in [4.78, 5) is 19.3. The van der Waals surface area contributed by atoms with E-state index in [1.807, 2.05) is 38.2 Å². The Morgan fingerprint density at radius 2 is 2.03 bits per heavy atom. The fourth-order valence-corrected chi connectivity index (χ4v) is 5.05. The standard InChI is InChI=1S/C29H36N4O3/c1-18-8-9-20(15-21(18)16-33-13-14-36-25-7-6-12-32-24(25)17-33)26(29(3,4)28(34)35)22-10-11-23(31-5)27(30)19(22)2/h6-12,15,26,31H,13-14,16-17,30H2,1-5H3,(H,34,35). The maximum absolute atomic E-state index is 12.5. The normalized spacial score (nSPS) is 14.9. The summed E-state index contributed by atoms with van der Waals surface area (Å²) in [7, 11) is 1.83. The van der Waals surface area contributed by atoms with Gasteiger partial charge in [0.2, 0.25) is 0 Å². The van der Waals surface area contributed by atoms with Gasteiger partial charge < -0.3 is 20.9 Å². The first-order chi connectivity index (χ1) is 17.1. The molecule has 7 nitrogen and oxygen atoms in total. The molecule has 0 aliphatic carbocycles. The zero-order chi connectivity index (χ0) is 26.0. The topological polar surface area (TPSA) is 101 Å². The molecule has 4 rings (SSSR count). The van der Waals surface area contributed by atoms with Crippen molar-refractivity contribution < 1.29 is 14.6 Å². The van der Waals surface area contributed by atoms with E-state index in [1.54, 1.807) is 20.0 Å². The first kappa shape index (κ1) is 25.5. The second kappa shape index (κ2) is 10.2. The number of pyridine rings is 1. The Morgan fingerprint density at radius 3 is 2.75 bits per heavy atom. The number of benzene rings is 2. The van der Waals surface area contributed by atoms with E-state index in [-0.39, 0.29) is 5.92 Å². The van der Waals surface area contributed by atoms with Crippen molar-refractivity contribution in [2.75, 3.05) is 31.2 Å². The number of aromatic nitrogens is 1. The molecule has 0 bridgehead atoms. The Morgan fingerprint density at radius 1 is 1.25 bits per heavy atom. The molecular weight excluding hydrogens is 452 g/mol. The van der Waals surface area contributed by atoms with Crippen LogP contribution in [0, 0.1) is 19.3 Å². The van der Waals surface area contributed by atoms with Crippen LogP contribution in [0.2, 0.25) is 0 Å².